The van der Waals surface area contributed by atoms with E-state index in [0.717, 1.165) is 11.3 Å². The molecule has 1 N–H and O–H groups in total. The first-order chi connectivity index (χ1) is 16.6. The number of rotatable bonds is 6. The van der Waals surface area contributed by atoms with E-state index >= 15 is 0 Å². The average Bonchev–Trinajstić information content (AvgIpc) is 2.80. The minimum absolute atomic E-state index is 0.000510. The minimum Gasteiger partial charge on any atom is -0.493 e. The molecule has 2 aliphatic rings. The molecule has 1 aliphatic heterocycles. The fourth-order valence-electron chi connectivity index (χ4n) is 5.00. The first-order valence-corrected chi connectivity index (χ1v) is 11.5. The van der Waals surface area contributed by atoms with Crippen molar-refractivity contribution >= 4 is 11.8 Å². The second-order valence-corrected chi connectivity index (χ2v) is 9.79. The number of nitrogens with one attached hydrogen (secondary N) is 1. The molecule has 7 heteroatoms. The molecular weight excluding hydrogens is 449 g/mol. The van der Waals surface area contributed by atoms with E-state index in [9.17, 15) is 14.0 Å². The molecule has 0 aromatic heterocycles. The molecule has 2 unspecified atom stereocenters. The SMILES string of the molecule is C=C1NC2=C(C(=O)CC(C)(C)C2)C(c2ccc(OCc3cccc(F)c3)c(OC)c2)C1C(=O)OC. The number of methoxy groups -OCH3 is 2. The number of Topliss-reactive ketones (excluding diaryl/α,β-unsaturated/α-hetero) is 1. The number of hydrogen-bond donors (Lipinski definition) is 1. The highest BCUT2D eigenvalue weighted by atomic mass is 19.1. The monoisotopic (exact) mass is 479 g/mol. The predicted molar refractivity (Wildman–Crippen MR) is 129 cm³/mol. The summed E-state index contributed by atoms with van der Waals surface area (Å²) in [5.41, 5.74) is 3.09. The summed E-state index contributed by atoms with van der Waals surface area (Å²) < 4.78 is 30.1. The molecule has 0 spiro atoms. The average molecular weight is 480 g/mol. The third kappa shape index (κ3) is 4.94. The molecule has 35 heavy (non-hydrogen) atoms. The van der Waals surface area contributed by atoms with Crippen molar-refractivity contribution in [3.63, 3.8) is 0 Å². The van der Waals surface area contributed by atoms with Crippen LogP contribution in [-0.4, -0.2) is 26.0 Å². The molecule has 184 valence electrons. The normalized spacial score (nSPS) is 21.2. The number of benzene rings is 2. The van der Waals surface area contributed by atoms with Crippen molar-refractivity contribution in [1.82, 2.24) is 5.32 Å². The van der Waals surface area contributed by atoms with Crippen LogP contribution in [0.3, 0.4) is 0 Å². The zero-order valence-electron chi connectivity index (χ0n) is 20.4. The van der Waals surface area contributed by atoms with E-state index in [1.165, 1.54) is 26.4 Å². The number of esters is 1. The Hall–Kier alpha value is -3.61. The van der Waals surface area contributed by atoms with E-state index in [0.29, 0.717) is 41.2 Å². The van der Waals surface area contributed by atoms with Gasteiger partial charge in [0.05, 0.1) is 14.2 Å². The lowest BCUT2D eigenvalue weighted by molar-refractivity contribution is -0.144. The van der Waals surface area contributed by atoms with Gasteiger partial charge in [0.25, 0.3) is 0 Å². The van der Waals surface area contributed by atoms with Crippen LogP contribution >= 0.6 is 0 Å². The van der Waals surface area contributed by atoms with E-state index in [1.54, 1.807) is 24.3 Å². The molecule has 2 aromatic rings. The third-order valence-corrected chi connectivity index (χ3v) is 6.54. The molecule has 6 nitrogen and oxygen atoms in total. The molecule has 2 atom stereocenters. The molecule has 0 saturated heterocycles. The van der Waals surface area contributed by atoms with E-state index in [1.807, 2.05) is 19.9 Å². The second kappa shape index (κ2) is 9.56. The smallest absolute Gasteiger partial charge is 0.315 e. The van der Waals surface area contributed by atoms with Gasteiger partial charge < -0.3 is 19.5 Å². The third-order valence-electron chi connectivity index (χ3n) is 6.54. The molecular formula is C28H30FNO5. The Bertz CT molecular complexity index is 1220. The number of hydrogen-bond acceptors (Lipinski definition) is 6. The molecule has 1 heterocycles. The predicted octanol–water partition coefficient (Wildman–Crippen LogP) is 5.05. The van der Waals surface area contributed by atoms with E-state index in [-0.39, 0.29) is 23.6 Å². The number of allylic oxidation sites excluding steroid dienone is 2. The van der Waals surface area contributed by atoms with Gasteiger partial charge in [-0.2, -0.15) is 0 Å². The van der Waals surface area contributed by atoms with Crippen molar-refractivity contribution in [2.24, 2.45) is 11.3 Å². The number of ether oxygens (including phenoxy) is 3. The van der Waals surface area contributed by atoms with E-state index in [4.69, 9.17) is 14.2 Å². The van der Waals surface area contributed by atoms with E-state index < -0.39 is 17.8 Å². The topological polar surface area (TPSA) is 73.9 Å². The minimum atomic E-state index is -0.771. The van der Waals surface area contributed by atoms with Gasteiger partial charge in [0.15, 0.2) is 17.3 Å². The maximum absolute atomic E-state index is 13.5. The lowest BCUT2D eigenvalue weighted by atomic mass is 9.66. The van der Waals surface area contributed by atoms with Crippen LogP contribution in [-0.2, 0) is 20.9 Å². The molecule has 0 saturated carbocycles. The zero-order valence-corrected chi connectivity index (χ0v) is 20.4. The summed E-state index contributed by atoms with van der Waals surface area (Å²) in [6.07, 6.45) is 1.06. The highest BCUT2D eigenvalue weighted by Crippen LogP contribution is 2.49. The van der Waals surface area contributed by atoms with E-state index in [2.05, 4.69) is 11.9 Å². The molecule has 1 aliphatic carbocycles. The number of carbonyl (C=O) groups is 2. The molecule has 0 bridgehead atoms. The van der Waals surface area contributed by atoms with Crippen LogP contribution in [0.15, 0.2) is 66.0 Å². The zero-order chi connectivity index (χ0) is 25.3. The van der Waals surface area contributed by atoms with Crippen LogP contribution in [0, 0.1) is 17.2 Å². The number of halogens is 1. The first-order valence-electron chi connectivity index (χ1n) is 11.5. The fraction of sp³-hybridized carbons (Fsp3) is 0.357. The Balaban J connectivity index is 1.73. The Morgan fingerprint density at radius 1 is 1.14 bits per heavy atom. The van der Waals surface area contributed by atoms with Crippen LogP contribution < -0.4 is 14.8 Å². The summed E-state index contributed by atoms with van der Waals surface area (Å²) in [7, 11) is 2.85. The number of ketones is 1. The van der Waals surface area contributed by atoms with Crippen LogP contribution in [0.25, 0.3) is 0 Å². The van der Waals surface area contributed by atoms with Crippen molar-refractivity contribution in [2.75, 3.05) is 14.2 Å². The van der Waals surface area contributed by atoms with Gasteiger partial charge in [-0.15, -0.1) is 0 Å². The summed E-state index contributed by atoms with van der Waals surface area (Å²) in [5.74, 6) is -1.24. The van der Waals surface area contributed by atoms with Gasteiger partial charge in [-0.25, -0.2) is 4.39 Å². The Morgan fingerprint density at radius 2 is 1.91 bits per heavy atom. The van der Waals surface area contributed by atoms with Crippen molar-refractivity contribution in [2.45, 2.75) is 39.2 Å². The van der Waals surface area contributed by atoms with Crippen molar-refractivity contribution < 1.29 is 28.2 Å². The molecule has 0 amide bonds. The van der Waals surface area contributed by atoms with Gasteiger partial charge >= 0.3 is 5.97 Å². The highest BCUT2D eigenvalue weighted by Gasteiger charge is 2.46. The van der Waals surface area contributed by atoms with Gasteiger partial charge in [0.2, 0.25) is 0 Å². The van der Waals surface area contributed by atoms with Gasteiger partial charge in [0.1, 0.15) is 18.3 Å². The Labute approximate surface area is 204 Å². The molecule has 0 radical (unpaired) electrons. The van der Waals surface area contributed by atoms with Gasteiger partial charge in [-0.3, -0.25) is 9.59 Å². The van der Waals surface area contributed by atoms with Gasteiger partial charge in [-0.05, 0) is 47.2 Å². The van der Waals surface area contributed by atoms with Crippen LogP contribution in [0.2, 0.25) is 0 Å². The summed E-state index contributed by atoms with van der Waals surface area (Å²) in [6, 6.07) is 11.5. The van der Waals surface area contributed by atoms with Crippen molar-refractivity contribution in [3.05, 3.63) is 83.0 Å². The van der Waals surface area contributed by atoms with Gasteiger partial charge in [0, 0.05) is 29.3 Å². The Kier molecular flexibility index (Phi) is 6.70. The van der Waals surface area contributed by atoms with Crippen molar-refractivity contribution in [1.29, 1.82) is 0 Å². The van der Waals surface area contributed by atoms with Crippen LogP contribution in [0.1, 0.15) is 43.7 Å². The quantitative estimate of drug-likeness (QED) is 0.585. The number of carbonyl (C=O) groups excluding carboxylic acids is 2. The fourth-order valence-corrected chi connectivity index (χ4v) is 5.00. The largest absolute Gasteiger partial charge is 0.493 e. The highest BCUT2D eigenvalue weighted by molar-refractivity contribution is 6.00. The summed E-state index contributed by atoms with van der Waals surface area (Å²) in [6.45, 7) is 8.35. The first kappa shape index (κ1) is 24.5. The summed E-state index contributed by atoms with van der Waals surface area (Å²) in [5, 5.41) is 3.23. The lowest BCUT2D eigenvalue weighted by Gasteiger charge is -2.42. The van der Waals surface area contributed by atoms with Crippen LogP contribution in [0.4, 0.5) is 4.39 Å². The standard InChI is InChI=1S/C28H30FNO5/c1-16-24(27(32)34-5)25(26-20(30-16)13-28(2,3)14-21(26)31)18-9-10-22(23(12-18)33-4)35-15-17-7-6-8-19(29)11-17/h6-12,24-25,30H,1,13-15H2,2-5H3. The van der Waals surface area contributed by atoms with Gasteiger partial charge in [-0.1, -0.05) is 38.6 Å². The molecule has 4 rings (SSSR count). The van der Waals surface area contributed by atoms with Crippen LogP contribution in [0.5, 0.6) is 11.5 Å². The second-order valence-electron chi connectivity index (χ2n) is 9.79. The maximum atomic E-state index is 13.5. The molecule has 0 fully saturated rings. The lowest BCUT2D eigenvalue weighted by Crippen LogP contribution is -2.43. The summed E-state index contributed by atoms with van der Waals surface area (Å²) in [4.78, 5) is 26.2. The summed E-state index contributed by atoms with van der Waals surface area (Å²) >= 11 is 0. The molecule has 2 aromatic carbocycles. The Morgan fingerprint density at radius 3 is 2.60 bits per heavy atom. The van der Waals surface area contributed by atoms with Crippen molar-refractivity contribution in [3.8, 4) is 11.5 Å². The maximum Gasteiger partial charge on any atom is 0.315 e.